The Hall–Kier alpha value is -1.88. The molecule has 2 aliphatic heterocycles. The van der Waals surface area contributed by atoms with Gasteiger partial charge in [0.1, 0.15) is 6.04 Å². The molecule has 1 atom stereocenters. The largest absolute Gasteiger partial charge is 0.330 e. The maximum absolute atomic E-state index is 13.1. The van der Waals surface area contributed by atoms with E-state index in [1.54, 1.807) is 0 Å². The summed E-state index contributed by atoms with van der Waals surface area (Å²) in [7, 11) is 0. The van der Waals surface area contributed by atoms with Gasteiger partial charge in [-0.3, -0.25) is 14.5 Å². The van der Waals surface area contributed by atoms with Crippen molar-refractivity contribution < 1.29 is 9.59 Å². The number of carbonyl (C=O) groups excluding carboxylic acids is 2. The van der Waals surface area contributed by atoms with E-state index in [0.29, 0.717) is 0 Å². The van der Waals surface area contributed by atoms with Crippen molar-refractivity contribution in [2.75, 3.05) is 25.0 Å². The van der Waals surface area contributed by atoms with Crippen molar-refractivity contribution in [2.24, 2.45) is 5.92 Å². The highest BCUT2D eigenvalue weighted by atomic mass is 16.2. The van der Waals surface area contributed by atoms with E-state index in [1.165, 1.54) is 24.8 Å². The molecule has 5 nitrogen and oxygen atoms in total. The third kappa shape index (κ3) is 4.40. The van der Waals surface area contributed by atoms with Gasteiger partial charge < -0.3 is 10.2 Å². The minimum Gasteiger partial charge on any atom is -0.330 e. The van der Waals surface area contributed by atoms with Crippen LogP contribution in [0.25, 0.3) is 0 Å². The van der Waals surface area contributed by atoms with Crippen LogP contribution >= 0.6 is 0 Å². The van der Waals surface area contributed by atoms with Gasteiger partial charge in [0.15, 0.2) is 0 Å². The number of hydrogen-bond donors (Lipinski definition) is 1. The Labute approximate surface area is 168 Å². The highest BCUT2D eigenvalue weighted by molar-refractivity contribution is 5.98. The Kier molecular flexibility index (Phi) is 6.30. The Bertz CT molecular complexity index is 693. The van der Waals surface area contributed by atoms with E-state index in [9.17, 15) is 9.59 Å². The van der Waals surface area contributed by atoms with Crippen LogP contribution in [-0.2, 0) is 16.1 Å². The van der Waals surface area contributed by atoms with Gasteiger partial charge in [-0.05, 0) is 63.2 Å². The molecule has 2 heterocycles. The van der Waals surface area contributed by atoms with Crippen LogP contribution in [0.5, 0.6) is 0 Å². The molecule has 1 aromatic carbocycles. The number of amides is 2. The van der Waals surface area contributed by atoms with Crippen LogP contribution in [0.4, 0.5) is 5.69 Å². The van der Waals surface area contributed by atoms with Gasteiger partial charge in [-0.25, -0.2) is 0 Å². The lowest BCUT2D eigenvalue weighted by Gasteiger charge is -2.30. The summed E-state index contributed by atoms with van der Waals surface area (Å²) in [5, 5.41) is 3.15. The van der Waals surface area contributed by atoms with E-state index < -0.39 is 0 Å². The molecule has 3 fully saturated rings. The number of hydrogen-bond acceptors (Lipinski definition) is 3. The summed E-state index contributed by atoms with van der Waals surface area (Å²) in [6.45, 7) is 3.87. The lowest BCUT2D eigenvalue weighted by molar-refractivity contribution is -0.141. The maximum Gasteiger partial charge on any atom is 0.247 e. The van der Waals surface area contributed by atoms with E-state index in [-0.39, 0.29) is 23.8 Å². The zero-order valence-electron chi connectivity index (χ0n) is 16.9. The van der Waals surface area contributed by atoms with Crippen molar-refractivity contribution in [1.29, 1.82) is 0 Å². The first-order valence-corrected chi connectivity index (χ1v) is 11.1. The van der Waals surface area contributed by atoms with Crippen LogP contribution in [-0.4, -0.2) is 47.3 Å². The number of rotatable bonds is 5. The quantitative estimate of drug-likeness (QED) is 0.842. The standard InChI is InChI=1S/C23H33N3O2/c27-22(21-13-8-16-26(21)23(28)18-9-2-1-3-10-18)24-20-12-5-4-11-19(20)17-25-14-6-7-15-25/h4-5,11-12,18,21H,1-3,6-10,13-17H2,(H,24,27)/t21-/m0/s1. The molecule has 152 valence electrons. The van der Waals surface area contributed by atoms with Crippen LogP contribution < -0.4 is 5.32 Å². The second-order valence-electron chi connectivity index (χ2n) is 8.65. The van der Waals surface area contributed by atoms with Gasteiger partial charge in [-0.15, -0.1) is 0 Å². The molecule has 2 saturated heterocycles. The Balaban J connectivity index is 1.42. The fourth-order valence-corrected chi connectivity index (χ4v) is 5.06. The smallest absolute Gasteiger partial charge is 0.247 e. The predicted molar refractivity (Wildman–Crippen MR) is 111 cm³/mol. The number of nitrogens with zero attached hydrogens (tertiary/aromatic N) is 2. The number of benzene rings is 1. The normalized spacial score (nSPS) is 23.9. The molecule has 3 aliphatic rings. The minimum atomic E-state index is -0.311. The topological polar surface area (TPSA) is 52.7 Å². The van der Waals surface area contributed by atoms with Crippen LogP contribution in [0.1, 0.15) is 63.4 Å². The first kappa shape index (κ1) is 19.4. The molecular weight excluding hydrogens is 350 g/mol. The highest BCUT2D eigenvalue weighted by Crippen LogP contribution is 2.29. The molecule has 0 radical (unpaired) electrons. The van der Waals surface area contributed by atoms with Gasteiger partial charge in [-0.2, -0.15) is 0 Å². The molecule has 0 spiro atoms. The molecule has 1 aromatic rings. The summed E-state index contributed by atoms with van der Waals surface area (Å²) in [6.07, 6.45) is 9.72. The third-order valence-electron chi connectivity index (χ3n) is 6.66. The second-order valence-corrected chi connectivity index (χ2v) is 8.65. The van der Waals surface area contributed by atoms with Crippen molar-refractivity contribution in [1.82, 2.24) is 9.80 Å². The zero-order chi connectivity index (χ0) is 19.3. The average Bonchev–Trinajstić information content (AvgIpc) is 3.41. The van der Waals surface area contributed by atoms with Gasteiger partial charge in [0.2, 0.25) is 11.8 Å². The molecule has 0 unspecified atom stereocenters. The fourth-order valence-electron chi connectivity index (χ4n) is 5.06. The van der Waals surface area contributed by atoms with E-state index in [4.69, 9.17) is 0 Å². The number of likely N-dealkylation sites (tertiary alicyclic amines) is 2. The lowest BCUT2D eigenvalue weighted by atomic mass is 9.88. The van der Waals surface area contributed by atoms with Gasteiger partial charge >= 0.3 is 0 Å². The molecule has 28 heavy (non-hydrogen) atoms. The van der Waals surface area contributed by atoms with Crippen molar-refractivity contribution in [3.8, 4) is 0 Å². The van der Waals surface area contributed by atoms with Gasteiger partial charge in [0.05, 0.1) is 0 Å². The molecule has 4 rings (SSSR count). The first-order valence-electron chi connectivity index (χ1n) is 11.1. The van der Waals surface area contributed by atoms with E-state index >= 15 is 0 Å². The molecule has 0 aromatic heterocycles. The zero-order valence-corrected chi connectivity index (χ0v) is 16.9. The van der Waals surface area contributed by atoms with Crippen LogP contribution in [0.2, 0.25) is 0 Å². The van der Waals surface area contributed by atoms with Crippen LogP contribution in [0.15, 0.2) is 24.3 Å². The molecule has 2 amide bonds. The predicted octanol–water partition coefficient (Wildman–Crippen LogP) is 3.79. The minimum absolute atomic E-state index is 0.0180. The average molecular weight is 384 g/mol. The summed E-state index contributed by atoms with van der Waals surface area (Å²) in [5.74, 6) is 0.322. The van der Waals surface area contributed by atoms with Gasteiger partial charge in [0.25, 0.3) is 0 Å². The highest BCUT2D eigenvalue weighted by Gasteiger charge is 2.37. The number of nitrogens with one attached hydrogen (secondary N) is 1. The summed E-state index contributed by atoms with van der Waals surface area (Å²) < 4.78 is 0. The maximum atomic E-state index is 13.1. The van der Waals surface area contributed by atoms with E-state index in [1.807, 2.05) is 23.1 Å². The number of carbonyl (C=O) groups is 2. The van der Waals surface area contributed by atoms with E-state index in [2.05, 4.69) is 16.3 Å². The van der Waals surface area contributed by atoms with Crippen molar-refractivity contribution in [3.63, 3.8) is 0 Å². The Morgan fingerprint density at radius 2 is 1.64 bits per heavy atom. The Morgan fingerprint density at radius 1 is 0.893 bits per heavy atom. The monoisotopic (exact) mass is 383 g/mol. The summed E-state index contributed by atoms with van der Waals surface area (Å²) in [4.78, 5) is 30.4. The number of para-hydroxylation sites is 1. The Morgan fingerprint density at radius 3 is 2.43 bits per heavy atom. The molecule has 0 bridgehead atoms. The second kappa shape index (κ2) is 9.08. The summed E-state index contributed by atoms with van der Waals surface area (Å²) >= 11 is 0. The van der Waals surface area contributed by atoms with E-state index in [0.717, 1.165) is 70.4 Å². The molecule has 1 saturated carbocycles. The third-order valence-corrected chi connectivity index (χ3v) is 6.66. The van der Waals surface area contributed by atoms with Crippen LogP contribution in [0, 0.1) is 5.92 Å². The molecule has 1 N–H and O–H groups in total. The SMILES string of the molecule is O=C(Nc1ccccc1CN1CCCC1)[C@@H]1CCCN1C(=O)C1CCCCC1. The van der Waals surface area contributed by atoms with Crippen molar-refractivity contribution >= 4 is 17.5 Å². The number of anilines is 1. The van der Waals surface area contributed by atoms with Gasteiger partial charge in [-0.1, -0.05) is 37.5 Å². The van der Waals surface area contributed by atoms with Gasteiger partial charge in [0, 0.05) is 24.7 Å². The first-order chi connectivity index (χ1) is 13.7. The summed E-state index contributed by atoms with van der Waals surface area (Å²) in [5.41, 5.74) is 2.07. The lowest BCUT2D eigenvalue weighted by Crippen LogP contribution is -2.46. The fraction of sp³-hybridized carbons (Fsp3) is 0.652. The van der Waals surface area contributed by atoms with Crippen molar-refractivity contribution in [2.45, 2.75) is 70.4 Å². The molecule has 1 aliphatic carbocycles. The summed E-state index contributed by atoms with van der Waals surface area (Å²) in [6, 6.07) is 7.80. The molecular formula is C23H33N3O2. The van der Waals surface area contributed by atoms with Crippen molar-refractivity contribution in [3.05, 3.63) is 29.8 Å². The molecule has 5 heteroatoms. The van der Waals surface area contributed by atoms with Crippen LogP contribution in [0.3, 0.4) is 0 Å².